The molecule has 0 aliphatic heterocycles. The summed E-state index contributed by atoms with van der Waals surface area (Å²) < 4.78 is 13.6. The molecule has 8 heteroatoms. The smallest absolute Gasteiger partial charge is 0.184 e. The molecule has 4 rings (SSSR count). The quantitative estimate of drug-likeness (QED) is 0.180. The molecule has 0 heterocycles. The molecule has 4 aliphatic carbocycles. The van der Waals surface area contributed by atoms with E-state index in [1.807, 2.05) is 0 Å². The van der Waals surface area contributed by atoms with Gasteiger partial charge in [0.15, 0.2) is 16.6 Å². The van der Waals surface area contributed by atoms with E-state index in [2.05, 4.69) is 63.4 Å². The van der Waals surface area contributed by atoms with E-state index in [0.29, 0.717) is 47.7 Å². The first kappa shape index (κ1) is 29.3. The summed E-state index contributed by atoms with van der Waals surface area (Å²) in [4.78, 5) is 10.6. The van der Waals surface area contributed by atoms with Crippen molar-refractivity contribution < 1.29 is 18.5 Å². The van der Waals surface area contributed by atoms with Crippen LogP contribution in [0.25, 0.3) is 0 Å². The molecular formula is C29H54N2O4Si2. The highest BCUT2D eigenvalue weighted by Crippen LogP contribution is 2.68. The molecule has 6 nitrogen and oxygen atoms in total. The van der Waals surface area contributed by atoms with E-state index < -0.39 is 16.6 Å². The second-order valence-electron chi connectivity index (χ2n) is 14.9. The van der Waals surface area contributed by atoms with Crippen molar-refractivity contribution in [2.75, 3.05) is 20.8 Å². The molecule has 8 atom stereocenters. The normalized spacial score (nSPS) is 41.7. The highest BCUT2D eigenvalue weighted by Gasteiger charge is 2.64. The Morgan fingerprint density at radius 3 is 2.27 bits per heavy atom. The molecule has 0 amide bonds. The highest BCUT2D eigenvalue weighted by atomic mass is 28.4. The van der Waals surface area contributed by atoms with Crippen LogP contribution in [-0.4, -0.2) is 55.0 Å². The zero-order chi connectivity index (χ0) is 27.2. The second kappa shape index (κ2) is 10.7. The van der Waals surface area contributed by atoms with Gasteiger partial charge in [0.25, 0.3) is 0 Å². The fraction of sp³-hybridized carbons (Fsp3) is 0.931. The van der Waals surface area contributed by atoms with Crippen LogP contribution in [0, 0.1) is 40.4 Å². The first-order chi connectivity index (χ1) is 17.2. The summed E-state index contributed by atoms with van der Waals surface area (Å²) >= 11 is 0. The van der Waals surface area contributed by atoms with Gasteiger partial charge in [-0.25, -0.2) is 0 Å². The third-order valence-corrected chi connectivity index (χ3v) is 12.4. The molecular weight excluding hydrogens is 497 g/mol. The predicted octanol–water partition coefficient (Wildman–Crippen LogP) is 7.33. The Labute approximate surface area is 228 Å². The van der Waals surface area contributed by atoms with E-state index in [9.17, 15) is 0 Å². The van der Waals surface area contributed by atoms with E-state index in [-0.39, 0.29) is 5.41 Å². The van der Waals surface area contributed by atoms with Gasteiger partial charge in [-0.3, -0.25) is 0 Å². The minimum atomic E-state index is -1.74. The fourth-order valence-corrected chi connectivity index (χ4v) is 10.8. The van der Waals surface area contributed by atoms with E-state index in [0.717, 1.165) is 25.0 Å². The van der Waals surface area contributed by atoms with Gasteiger partial charge in [0.1, 0.15) is 14.2 Å². The van der Waals surface area contributed by atoms with Crippen LogP contribution in [0.4, 0.5) is 0 Å². The van der Waals surface area contributed by atoms with Crippen LogP contribution < -0.4 is 0 Å². The topological polar surface area (TPSA) is 61.6 Å². The third-order valence-electron chi connectivity index (χ3n) is 10.4. The van der Waals surface area contributed by atoms with Gasteiger partial charge in [0, 0.05) is 12.0 Å². The molecule has 2 unspecified atom stereocenters. The molecule has 37 heavy (non-hydrogen) atoms. The second-order valence-corrected chi connectivity index (χ2v) is 23.9. The summed E-state index contributed by atoms with van der Waals surface area (Å²) in [6.45, 7) is 19.6. The Morgan fingerprint density at radius 2 is 1.65 bits per heavy atom. The van der Waals surface area contributed by atoms with E-state index in [4.69, 9.17) is 18.5 Å². The van der Waals surface area contributed by atoms with Crippen LogP contribution in [0.2, 0.25) is 39.3 Å². The highest BCUT2D eigenvalue weighted by molar-refractivity contribution is 6.70. The minimum absolute atomic E-state index is 0.173. The summed E-state index contributed by atoms with van der Waals surface area (Å²) in [5.74, 6) is 3.14. The molecule has 0 aromatic carbocycles. The first-order valence-electron chi connectivity index (χ1n) is 14.7. The Bertz CT molecular complexity index is 882. The van der Waals surface area contributed by atoms with Crippen LogP contribution in [0.1, 0.15) is 65.2 Å². The zero-order valence-electron chi connectivity index (χ0n) is 25.4. The molecule has 0 N–H and O–H groups in total. The molecule has 4 fully saturated rings. The van der Waals surface area contributed by atoms with Crippen molar-refractivity contribution in [1.82, 2.24) is 0 Å². The van der Waals surface area contributed by atoms with Crippen molar-refractivity contribution in [2.45, 2.75) is 111 Å². The molecule has 0 spiro atoms. The van der Waals surface area contributed by atoms with Crippen LogP contribution in [0.15, 0.2) is 10.3 Å². The van der Waals surface area contributed by atoms with E-state index >= 15 is 0 Å². The maximum absolute atomic E-state index is 7.20. The summed E-state index contributed by atoms with van der Waals surface area (Å²) in [7, 11) is -0.0237. The van der Waals surface area contributed by atoms with Crippen LogP contribution in [-0.2, 0) is 18.5 Å². The third kappa shape index (κ3) is 5.92. The molecule has 4 saturated carbocycles. The summed E-state index contributed by atoms with van der Waals surface area (Å²) in [5.41, 5.74) is 2.87. The number of hydrogen-bond acceptors (Lipinski definition) is 6. The minimum Gasteiger partial charge on any atom is -0.414 e. The van der Waals surface area contributed by atoms with Crippen LogP contribution >= 0.6 is 0 Å². The lowest BCUT2D eigenvalue weighted by molar-refractivity contribution is -0.153. The fourth-order valence-electron chi connectivity index (χ4n) is 9.07. The Kier molecular flexibility index (Phi) is 8.46. The van der Waals surface area contributed by atoms with Crippen LogP contribution in [0.3, 0.4) is 0 Å². The first-order valence-corrected chi connectivity index (χ1v) is 21.5. The standard InChI is InChI=1S/C29H54N2O4Si2/c1-28-16-15-21(30-32-3)17-20(28)11-12-22-23-13-14-24(25(31-33-4)19-34-36(5,6)7)29(23,2)18-26(27(22)28)35-37(8,9)10/h20,22-24,26-27H,11-19H2,1-10H3/b30-21-,31-25+/t20?,22-,23-,24+,26?,27+,28-,29-/m0/s1. The Hall–Kier alpha value is -0.706. The number of oxime groups is 2. The maximum Gasteiger partial charge on any atom is 0.184 e. The van der Waals surface area contributed by atoms with E-state index in [1.54, 1.807) is 14.2 Å². The monoisotopic (exact) mass is 550 g/mol. The van der Waals surface area contributed by atoms with Crippen molar-refractivity contribution in [2.24, 2.45) is 50.7 Å². The van der Waals surface area contributed by atoms with Crippen molar-refractivity contribution in [3.8, 4) is 0 Å². The van der Waals surface area contributed by atoms with Gasteiger partial charge < -0.3 is 18.5 Å². The summed E-state index contributed by atoms with van der Waals surface area (Å²) in [6.07, 6.45) is 9.89. The lowest BCUT2D eigenvalue weighted by Gasteiger charge is -2.63. The Balaban J connectivity index is 1.68. The molecule has 0 radical (unpaired) electrons. The van der Waals surface area contributed by atoms with Gasteiger partial charge in [-0.05, 0) is 125 Å². The van der Waals surface area contributed by atoms with Crippen molar-refractivity contribution in [3.63, 3.8) is 0 Å². The average Bonchev–Trinajstić information content (AvgIpc) is 3.11. The number of rotatable bonds is 8. The van der Waals surface area contributed by atoms with Gasteiger partial charge in [-0.2, -0.15) is 0 Å². The van der Waals surface area contributed by atoms with Crippen molar-refractivity contribution in [1.29, 1.82) is 0 Å². The maximum atomic E-state index is 7.20. The van der Waals surface area contributed by atoms with Gasteiger partial charge >= 0.3 is 0 Å². The van der Waals surface area contributed by atoms with Gasteiger partial charge in [-0.15, -0.1) is 0 Å². The molecule has 0 aromatic heterocycles. The largest absolute Gasteiger partial charge is 0.414 e. The lowest BCUT2D eigenvalue weighted by atomic mass is 9.44. The molecule has 4 aliphatic rings. The number of fused-ring (bicyclic) bond motifs is 5. The predicted molar refractivity (Wildman–Crippen MR) is 157 cm³/mol. The van der Waals surface area contributed by atoms with Gasteiger partial charge in [0.2, 0.25) is 0 Å². The van der Waals surface area contributed by atoms with Crippen LogP contribution in [0.5, 0.6) is 0 Å². The van der Waals surface area contributed by atoms with Gasteiger partial charge in [0.05, 0.1) is 18.0 Å². The average molecular weight is 551 g/mol. The summed E-state index contributed by atoms with van der Waals surface area (Å²) in [6, 6.07) is 0. The SMILES string of the molecule is CO/N=C1/CC[C@@]2(C)C(CC[C@H]3[C@@H]4CC[C@H](/C(CO[Si](C)(C)C)=N/OC)[C@@]4(C)CC(O[Si](C)(C)C)[C@@H]32)C1. The summed E-state index contributed by atoms with van der Waals surface area (Å²) in [5, 5.41) is 9.00. The molecule has 0 saturated heterocycles. The lowest BCUT2D eigenvalue weighted by Crippen LogP contribution is -2.61. The van der Waals surface area contributed by atoms with Crippen molar-refractivity contribution in [3.05, 3.63) is 0 Å². The van der Waals surface area contributed by atoms with E-state index in [1.165, 1.54) is 37.8 Å². The number of nitrogens with zero attached hydrogens (tertiary/aromatic N) is 2. The number of hydrogen-bond donors (Lipinski definition) is 0. The zero-order valence-corrected chi connectivity index (χ0v) is 27.4. The molecule has 0 aromatic rings. The molecule has 0 bridgehead atoms. The van der Waals surface area contributed by atoms with Crippen molar-refractivity contribution >= 4 is 28.1 Å². The van der Waals surface area contributed by atoms with Gasteiger partial charge in [-0.1, -0.05) is 24.2 Å². The molecule has 212 valence electrons. The Morgan fingerprint density at radius 1 is 0.919 bits per heavy atom.